The Hall–Kier alpha value is -1.31. The fraction of sp³-hybridized carbons (Fsp3) is 0.417. The number of hydrogen-bond acceptors (Lipinski definition) is 1. The van der Waals surface area contributed by atoms with E-state index in [-0.39, 0.29) is 5.41 Å². The molecule has 2 aromatic rings. The molecule has 0 bridgehead atoms. The van der Waals surface area contributed by atoms with Crippen molar-refractivity contribution >= 4 is 11.0 Å². The normalized spacial score (nSPS) is 12.2. The molecule has 2 heteroatoms. The highest BCUT2D eigenvalue weighted by atomic mass is 14.9. The van der Waals surface area contributed by atoms with Gasteiger partial charge in [0, 0.05) is 22.7 Å². The maximum atomic E-state index is 4.29. The number of aromatic amines is 1. The molecule has 14 heavy (non-hydrogen) atoms. The fourth-order valence-corrected chi connectivity index (χ4v) is 1.51. The van der Waals surface area contributed by atoms with Crippen LogP contribution in [0.5, 0.6) is 0 Å². The Morgan fingerprint density at radius 2 is 2.21 bits per heavy atom. The lowest BCUT2D eigenvalue weighted by molar-refractivity contribution is 0.494. The summed E-state index contributed by atoms with van der Waals surface area (Å²) in [6.07, 6.45) is 2.95. The van der Waals surface area contributed by atoms with Crippen molar-refractivity contribution in [2.45, 2.75) is 32.6 Å². The Kier molecular flexibility index (Phi) is 2.06. The van der Waals surface area contributed by atoms with Crippen molar-refractivity contribution in [2.24, 2.45) is 0 Å². The van der Waals surface area contributed by atoms with Crippen LogP contribution in [0, 0.1) is 0 Å². The van der Waals surface area contributed by atoms with Gasteiger partial charge in [-0.25, -0.2) is 4.98 Å². The van der Waals surface area contributed by atoms with Gasteiger partial charge < -0.3 is 4.98 Å². The molecule has 0 spiro atoms. The molecule has 0 aliphatic rings. The van der Waals surface area contributed by atoms with E-state index < -0.39 is 0 Å². The monoisotopic (exact) mass is 188 g/mol. The standard InChI is InChI=1S/C12H16N2/c1-4-12(2,3)10-8-9-6-5-7-13-11(9)14-10/h5-8H,4H2,1-3H3,(H,13,14). The molecular formula is C12H16N2. The third-order valence-corrected chi connectivity index (χ3v) is 3.00. The van der Waals surface area contributed by atoms with Crippen LogP contribution >= 0.6 is 0 Å². The topological polar surface area (TPSA) is 28.7 Å². The van der Waals surface area contributed by atoms with E-state index >= 15 is 0 Å². The van der Waals surface area contributed by atoms with E-state index in [0.717, 1.165) is 12.1 Å². The number of rotatable bonds is 2. The molecule has 2 rings (SSSR count). The predicted octanol–water partition coefficient (Wildman–Crippen LogP) is 3.25. The highest BCUT2D eigenvalue weighted by molar-refractivity contribution is 5.76. The average Bonchev–Trinajstić information content (AvgIpc) is 2.61. The summed E-state index contributed by atoms with van der Waals surface area (Å²) in [6.45, 7) is 6.70. The van der Waals surface area contributed by atoms with Crippen LogP contribution in [-0.4, -0.2) is 9.97 Å². The minimum atomic E-state index is 0.209. The highest BCUT2D eigenvalue weighted by Crippen LogP contribution is 2.27. The van der Waals surface area contributed by atoms with Crippen molar-refractivity contribution in [2.75, 3.05) is 0 Å². The minimum absolute atomic E-state index is 0.209. The van der Waals surface area contributed by atoms with Gasteiger partial charge >= 0.3 is 0 Å². The lowest BCUT2D eigenvalue weighted by Crippen LogP contribution is -2.15. The maximum Gasteiger partial charge on any atom is 0.137 e. The number of fused-ring (bicyclic) bond motifs is 1. The number of nitrogens with one attached hydrogen (secondary N) is 1. The summed E-state index contributed by atoms with van der Waals surface area (Å²) < 4.78 is 0. The second-order valence-corrected chi connectivity index (χ2v) is 4.36. The second kappa shape index (κ2) is 3.12. The van der Waals surface area contributed by atoms with Gasteiger partial charge in [-0.2, -0.15) is 0 Å². The average molecular weight is 188 g/mol. The Labute approximate surface area is 84.4 Å². The van der Waals surface area contributed by atoms with E-state index in [1.165, 1.54) is 11.1 Å². The largest absolute Gasteiger partial charge is 0.343 e. The summed E-state index contributed by atoms with van der Waals surface area (Å²) in [5.74, 6) is 0. The molecule has 0 fully saturated rings. The number of pyridine rings is 1. The zero-order chi connectivity index (χ0) is 10.2. The Morgan fingerprint density at radius 1 is 1.43 bits per heavy atom. The molecule has 0 unspecified atom stereocenters. The number of nitrogens with zero attached hydrogens (tertiary/aromatic N) is 1. The van der Waals surface area contributed by atoms with Gasteiger partial charge in [-0.1, -0.05) is 20.8 Å². The molecule has 0 saturated heterocycles. The summed E-state index contributed by atoms with van der Waals surface area (Å²) in [6, 6.07) is 6.26. The summed E-state index contributed by atoms with van der Waals surface area (Å²) >= 11 is 0. The second-order valence-electron chi connectivity index (χ2n) is 4.36. The fourth-order valence-electron chi connectivity index (χ4n) is 1.51. The number of H-pyrrole nitrogens is 1. The third-order valence-electron chi connectivity index (χ3n) is 3.00. The first kappa shape index (κ1) is 9.25. The van der Waals surface area contributed by atoms with Crippen molar-refractivity contribution in [3.05, 3.63) is 30.1 Å². The van der Waals surface area contributed by atoms with Crippen LogP contribution in [-0.2, 0) is 5.41 Å². The van der Waals surface area contributed by atoms with E-state index in [1.54, 1.807) is 0 Å². The van der Waals surface area contributed by atoms with Crippen molar-refractivity contribution in [3.63, 3.8) is 0 Å². The van der Waals surface area contributed by atoms with Crippen LogP contribution in [0.4, 0.5) is 0 Å². The lowest BCUT2D eigenvalue weighted by atomic mass is 9.87. The van der Waals surface area contributed by atoms with Crippen LogP contribution in [0.2, 0.25) is 0 Å². The molecule has 2 heterocycles. The molecule has 1 N–H and O–H groups in total. The predicted molar refractivity (Wildman–Crippen MR) is 59.4 cm³/mol. The van der Waals surface area contributed by atoms with Crippen molar-refractivity contribution in [1.29, 1.82) is 0 Å². The van der Waals surface area contributed by atoms with E-state index in [4.69, 9.17) is 0 Å². The number of hydrogen-bond donors (Lipinski definition) is 1. The van der Waals surface area contributed by atoms with E-state index in [1.807, 2.05) is 12.3 Å². The summed E-state index contributed by atoms with van der Waals surface area (Å²) in [5.41, 5.74) is 2.47. The van der Waals surface area contributed by atoms with Gasteiger partial charge in [-0.05, 0) is 24.6 Å². The first-order chi connectivity index (χ1) is 6.63. The van der Waals surface area contributed by atoms with E-state index in [2.05, 4.69) is 42.9 Å². The SMILES string of the molecule is CCC(C)(C)c1cc2cccnc2[nH]1. The van der Waals surface area contributed by atoms with Crippen molar-refractivity contribution < 1.29 is 0 Å². The number of aromatic nitrogens is 2. The van der Waals surface area contributed by atoms with Crippen LogP contribution in [0.25, 0.3) is 11.0 Å². The first-order valence-corrected chi connectivity index (χ1v) is 5.08. The third kappa shape index (κ3) is 1.41. The minimum Gasteiger partial charge on any atom is -0.343 e. The van der Waals surface area contributed by atoms with Crippen molar-refractivity contribution in [1.82, 2.24) is 9.97 Å². The molecule has 2 aromatic heterocycles. The zero-order valence-electron chi connectivity index (χ0n) is 8.96. The summed E-state index contributed by atoms with van der Waals surface area (Å²) in [4.78, 5) is 7.67. The molecule has 0 aromatic carbocycles. The summed E-state index contributed by atoms with van der Waals surface area (Å²) in [7, 11) is 0. The molecule has 0 radical (unpaired) electrons. The first-order valence-electron chi connectivity index (χ1n) is 5.08. The zero-order valence-corrected chi connectivity index (χ0v) is 8.96. The van der Waals surface area contributed by atoms with Gasteiger partial charge in [0.25, 0.3) is 0 Å². The van der Waals surface area contributed by atoms with Crippen LogP contribution in [0.3, 0.4) is 0 Å². The Bertz CT molecular complexity index is 407. The van der Waals surface area contributed by atoms with Gasteiger partial charge in [0.2, 0.25) is 0 Å². The lowest BCUT2D eigenvalue weighted by Gasteiger charge is -2.20. The van der Waals surface area contributed by atoms with Crippen LogP contribution < -0.4 is 0 Å². The van der Waals surface area contributed by atoms with Gasteiger partial charge in [-0.15, -0.1) is 0 Å². The van der Waals surface area contributed by atoms with E-state index in [9.17, 15) is 0 Å². The molecule has 2 nitrogen and oxygen atoms in total. The van der Waals surface area contributed by atoms with Gasteiger partial charge in [0.05, 0.1) is 0 Å². The summed E-state index contributed by atoms with van der Waals surface area (Å²) in [5, 5.41) is 1.20. The van der Waals surface area contributed by atoms with Gasteiger partial charge in [0.1, 0.15) is 5.65 Å². The highest BCUT2D eigenvalue weighted by Gasteiger charge is 2.20. The smallest absolute Gasteiger partial charge is 0.137 e. The molecule has 0 saturated carbocycles. The Balaban J connectivity index is 2.55. The molecule has 74 valence electrons. The maximum absolute atomic E-state index is 4.29. The molecule has 0 aliphatic heterocycles. The molecular weight excluding hydrogens is 172 g/mol. The van der Waals surface area contributed by atoms with Crippen LogP contribution in [0.15, 0.2) is 24.4 Å². The Morgan fingerprint density at radius 3 is 2.86 bits per heavy atom. The molecule has 0 amide bonds. The van der Waals surface area contributed by atoms with Gasteiger partial charge in [-0.3, -0.25) is 0 Å². The van der Waals surface area contributed by atoms with Gasteiger partial charge in [0.15, 0.2) is 0 Å². The van der Waals surface area contributed by atoms with E-state index in [0.29, 0.717) is 0 Å². The molecule has 0 aliphatic carbocycles. The van der Waals surface area contributed by atoms with Crippen LogP contribution in [0.1, 0.15) is 32.9 Å². The molecule has 0 atom stereocenters. The quantitative estimate of drug-likeness (QED) is 0.770. The van der Waals surface area contributed by atoms with Crippen molar-refractivity contribution in [3.8, 4) is 0 Å².